The molecule has 0 aliphatic rings. The topological polar surface area (TPSA) is 64.2 Å². The van der Waals surface area contributed by atoms with E-state index < -0.39 is 0 Å². The third kappa shape index (κ3) is 2.63. The molecule has 0 unspecified atom stereocenters. The van der Waals surface area contributed by atoms with Crippen molar-refractivity contribution in [3.8, 4) is 0 Å². The molecule has 1 N–H and O–H groups in total. The van der Waals surface area contributed by atoms with E-state index in [1.165, 1.54) is 10.1 Å². The maximum Gasteiger partial charge on any atom is 0.262 e. The van der Waals surface area contributed by atoms with Crippen molar-refractivity contribution < 1.29 is 0 Å². The van der Waals surface area contributed by atoms with Crippen LogP contribution in [-0.4, -0.2) is 19.2 Å². The average Bonchev–Trinajstić information content (AvgIpc) is 3.09. The van der Waals surface area contributed by atoms with Crippen molar-refractivity contribution in [2.45, 2.75) is 26.3 Å². The van der Waals surface area contributed by atoms with Crippen molar-refractivity contribution >= 4 is 22.4 Å². The van der Waals surface area contributed by atoms with Gasteiger partial charge in [-0.2, -0.15) is 0 Å². The SMILES string of the molecule is CC(C)c1cccc(NCc2nnc3n(C)c(=O)c4ccccc4n23)c1. The lowest BCUT2D eigenvalue weighted by atomic mass is 10.0. The van der Waals surface area contributed by atoms with Gasteiger partial charge in [-0.15, -0.1) is 10.2 Å². The number of nitrogens with one attached hydrogen (secondary N) is 1. The molecule has 0 saturated carbocycles. The van der Waals surface area contributed by atoms with Crippen LogP contribution < -0.4 is 10.9 Å². The Kier molecular flexibility index (Phi) is 3.95. The van der Waals surface area contributed by atoms with E-state index in [-0.39, 0.29) is 5.56 Å². The lowest BCUT2D eigenvalue weighted by Gasteiger charge is -2.11. The highest BCUT2D eigenvalue weighted by molar-refractivity contribution is 5.80. The third-order valence-corrected chi connectivity index (χ3v) is 4.70. The number of anilines is 1. The molecule has 4 rings (SSSR count). The number of aryl methyl sites for hydroxylation is 1. The molecular formula is C20H21N5O. The van der Waals surface area contributed by atoms with Gasteiger partial charge in [0.25, 0.3) is 5.56 Å². The molecule has 2 heterocycles. The Hall–Kier alpha value is -3.15. The Morgan fingerprint density at radius 1 is 1.08 bits per heavy atom. The first-order valence-corrected chi connectivity index (χ1v) is 8.72. The summed E-state index contributed by atoms with van der Waals surface area (Å²) in [4.78, 5) is 12.5. The van der Waals surface area contributed by atoms with Gasteiger partial charge < -0.3 is 5.32 Å². The van der Waals surface area contributed by atoms with Crippen LogP contribution >= 0.6 is 0 Å². The van der Waals surface area contributed by atoms with Crippen LogP contribution in [0, 0.1) is 0 Å². The molecule has 0 radical (unpaired) electrons. The van der Waals surface area contributed by atoms with Crippen LogP contribution in [-0.2, 0) is 13.6 Å². The van der Waals surface area contributed by atoms with Crippen LogP contribution in [0.3, 0.4) is 0 Å². The molecule has 0 spiro atoms. The van der Waals surface area contributed by atoms with E-state index >= 15 is 0 Å². The van der Waals surface area contributed by atoms with Gasteiger partial charge in [0.15, 0.2) is 5.82 Å². The first kappa shape index (κ1) is 16.3. The van der Waals surface area contributed by atoms with Crippen LogP contribution in [0.25, 0.3) is 16.7 Å². The number of nitrogens with zero attached hydrogens (tertiary/aromatic N) is 4. The molecule has 2 aromatic heterocycles. The maximum atomic E-state index is 12.5. The van der Waals surface area contributed by atoms with Gasteiger partial charge >= 0.3 is 0 Å². The number of hydrogen-bond acceptors (Lipinski definition) is 4. The summed E-state index contributed by atoms with van der Waals surface area (Å²) in [5.74, 6) is 1.78. The predicted octanol–water partition coefficient (Wildman–Crippen LogP) is 3.32. The molecule has 0 bridgehead atoms. The predicted molar refractivity (Wildman–Crippen MR) is 104 cm³/mol. The Balaban J connectivity index is 1.76. The van der Waals surface area contributed by atoms with Crippen LogP contribution in [0.15, 0.2) is 53.3 Å². The zero-order valence-corrected chi connectivity index (χ0v) is 15.1. The van der Waals surface area contributed by atoms with E-state index in [1.54, 1.807) is 7.05 Å². The lowest BCUT2D eigenvalue weighted by molar-refractivity contribution is 0.854. The summed E-state index contributed by atoms with van der Waals surface area (Å²) < 4.78 is 3.48. The van der Waals surface area contributed by atoms with Crippen LogP contribution in [0.2, 0.25) is 0 Å². The van der Waals surface area contributed by atoms with Crippen molar-refractivity contribution in [2.75, 3.05) is 5.32 Å². The van der Waals surface area contributed by atoms with Gasteiger partial charge in [0.05, 0.1) is 17.4 Å². The summed E-state index contributed by atoms with van der Waals surface area (Å²) in [7, 11) is 1.72. The smallest absolute Gasteiger partial charge is 0.262 e. The standard InChI is InChI=1S/C20H21N5O/c1-13(2)14-7-6-8-15(11-14)21-12-18-22-23-20-24(3)19(26)16-9-4-5-10-17(16)25(18)20/h4-11,13,21H,12H2,1-3H3. The quantitative estimate of drug-likeness (QED) is 0.615. The fraction of sp³-hybridized carbons (Fsp3) is 0.250. The maximum absolute atomic E-state index is 12.5. The van der Waals surface area contributed by atoms with Gasteiger partial charge in [-0.25, -0.2) is 0 Å². The van der Waals surface area contributed by atoms with E-state index in [4.69, 9.17) is 0 Å². The summed E-state index contributed by atoms with van der Waals surface area (Å²) in [6, 6.07) is 15.9. The highest BCUT2D eigenvalue weighted by Gasteiger charge is 2.14. The summed E-state index contributed by atoms with van der Waals surface area (Å²) in [5, 5.41) is 12.6. The van der Waals surface area contributed by atoms with E-state index in [2.05, 4.69) is 47.6 Å². The molecule has 132 valence electrons. The molecule has 0 atom stereocenters. The number of aromatic nitrogens is 4. The van der Waals surface area contributed by atoms with Crippen LogP contribution in [0.5, 0.6) is 0 Å². The first-order chi connectivity index (χ1) is 12.6. The van der Waals surface area contributed by atoms with E-state index in [1.807, 2.05) is 34.7 Å². The molecular weight excluding hydrogens is 326 g/mol. The minimum atomic E-state index is -0.0651. The molecule has 0 aliphatic heterocycles. The third-order valence-electron chi connectivity index (χ3n) is 4.70. The fourth-order valence-electron chi connectivity index (χ4n) is 3.20. The molecule has 6 nitrogen and oxygen atoms in total. The van der Waals surface area contributed by atoms with Crippen LogP contribution in [0.4, 0.5) is 5.69 Å². The van der Waals surface area contributed by atoms with Gasteiger partial charge in [-0.3, -0.25) is 13.8 Å². The van der Waals surface area contributed by atoms with Crippen molar-refractivity contribution in [3.05, 3.63) is 70.3 Å². The van der Waals surface area contributed by atoms with Crippen molar-refractivity contribution in [2.24, 2.45) is 7.05 Å². The normalized spacial score (nSPS) is 11.5. The van der Waals surface area contributed by atoms with E-state index in [0.29, 0.717) is 23.6 Å². The van der Waals surface area contributed by atoms with Gasteiger partial charge in [0.1, 0.15) is 0 Å². The molecule has 26 heavy (non-hydrogen) atoms. The first-order valence-electron chi connectivity index (χ1n) is 8.72. The number of benzene rings is 2. The summed E-state index contributed by atoms with van der Waals surface area (Å²) in [6.07, 6.45) is 0. The van der Waals surface area contributed by atoms with Gasteiger partial charge in [-0.05, 0) is 35.7 Å². The van der Waals surface area contributed by atoms with Gasteiger partial charge in [-0.1, -0.05) is 38.1 Å². The molecule has 6 heteroatoms. The average molecular weight is 347 g/mol. The summed E-state index contributed by atoms with van der Waals surface area (Å²) in [6.45, 7) is 4.88. The Morgan fingerprint density at radius 3 is 2.69 bits per heavy atom. The highest BCUT2D eigenvalue weighted by Crippen LogP contribution is 2.19. The molecule has 4 aromatic rings. The van der Waals surface area contributed by atoms with Crippen LogP contribution in [0.1, 0.15) is 31.2 Å². The minimum Gasteiger partial charge on any atom is -0.378 e. The monoisotopic (exact) mass is 347 g/mol. The molecule has 2 aromatic carbocycles. The number of hydrogen-bond donors (Lipinski definition) is 1. The largest absolute Gasteiger partial charge is 0.378 e. The summed E-state index contributed by atoms with van der Waals surface area (Å²) >= 11 is 0. The van der Waals surface area contributed by atoms with E-state index in [9.17, 15) is 4.79 Å². The minimum absolute atomic E-state index is 0.0651. The number of para-hydroxylation sites is 1. The van der Waals surface area contributed by atoms with Crippen molar-refractivity contribution in [1.29, 1.82) is 0 Å². The second-order valence-corrected chi connectivity index (χ2v) is 6.77. The zero-order chi connectivity index (χ0) is 18.3. The van der Waals surface area contributed by atoms with E-state index in [0.717, 1.165) is 17.0 Å². The van der Waals surface area contributed by atoms with Gasteiger partial charge in [0.2, 0.25) is 5.78 Å². The second-order valence-electron chi connectivity index (χ2n) is 6.77. The van der Waals surface area contributed by atoms with Crippen molar-refractivity contribution in [1.82, 2.24) is 19.2 Å². The molecule has 0 fully saturated rings. The fourth-order valence-corrected chi connectivity index (χ4v) is 3.20. The Bertz CT molecular complexity index is 1160. The Morgan fingerprint density at radius 2 is 1.88 bits per heavy atom. The number of rotatable bonds is 4. The molecule has 0 aliphatic carbocycles. The number of fused-ring (bicyclic) bond motifs is 3. The zero-order valence-electron chi connectivity index (χ0n) is 15.1. The molecule has 0 amide bonds. The Labute approximate surface area is 151 Å². The lowest BCUT2D eigenvalue weighted by Crippen LogP contribution is -2.20. The van der Waals surface area contributed by atoms with Gasteiger partial charge in [0, 0.05) is 12.7 Å². The molecule has 0 saturated heterocycles. The second kappa shape index (κ2) is 6.29. The van der Waals surface area contributed by atoms with Crippen molar-refractivity contribution in [3.63, 3.8) is 0 Å². The summed E-state index contributed by atoms with van der Waals surface area (Å²) in [5.41, 5.74) is 3.09. The highest BCUT2D eigenvalue weighted by atomic mass is 16.1.